The summed E-state index contributed by atoms with van der Waals surface area (Å²) < 4.78 is 13.1. The third-order valence-electron chi connectivity index (χ3n) is 5.12. The molecule has 6 heteroatoms. The van der Waals surface area contributed by atoms with Gasteiger partial charge >= 0.3 is 0 Å². The van der Waals surface area contributed by atoms with E-state index in [0.29, 0.717) is 28.1 Å². The fourth-order valence-electron chi connectivity index (χ4n) is 3.86. The van der Waals surface area contributed by atoms with Gasteiger partial charge in [-0.3, -0.25) is 4.79 Å². The van der Waals surface area contributed by atoms with Gasteiger partial charge in [-0.25, -0.2) is 0 Å². The number of halogens is 1. The number of likely N-dealkylation sites (tertiary alicyclic amines) is 1. The van der Waals surface area contributed by atoms with Gasteiger partial charge in [0.15, 0.2) is 11.5 Å². The third-order valence-corrected chi connectivity index (χ3v) is 5.40. The Morgan fingerprint density at radius 1 is 1.12 bits per heavy atom. The summed E-state index contributed by atoms with van der Waals surface area (Å²) in [6, 6.07) is 8.16. The van der Waals surface area contributed by atoms with Crippen molar-refractivity contribution in [3.63, 3.8) is 0 Å². The van der Waals surface area contributed by atoms with E-state index in [-0.39, 0.29) is 12.7 Å². The molecule has 0 atom stereocenters. The minimum absolute atomic E-state index is 0.000370. The third kappa shape index (κ3) is 2.86. The Morgan fingerprint density at radius 2 is 1.80 bits per heavy atom. The van der Waals surface area contributed by atoms with E-state index in [2.05, 4.69) is 30.5 Å². The average molecular weight is 361 g/mol. The van der Waals surface area contributed by atoms with E-state index in [4.69, 9.17) is 21.1 Å². The maximum atomic E-state index is 12.8. The number of nitrogens with zero attached hydrogens (tertiary/aromatic N) is 2. The molecule has 1 aromatic carbocycles. The molecule has 1 amide bonds. The zero-order valence-corrected chi connectivity index (χ0v) is 15.2. The second kappa shape index (κ2) is 6.30. The second-order valence-corrected chi connectivity index (χ2v) is 7.11. The van der Waals surface area contributed by atoms with Gasteiger partial charge in [-0.1, -0.05) is 11.6 Å². The summed E-state index contributed by atoms with van der Waals surface area (Å²) in [7, 11) is 0. The maximum Gasteiger partial charge on any atom is 0.254 e. The highest BCUT2D eigenvalue weighted by Gasteiger charge is 2.27. The van der Waals surface area contributed by atoms with Gasteiger partial charge in [-0.2, -0.15) is 0 Å². The number of rotatable bonds is 2. The van der Waals surface area contributed by atoms with Crippen LogP contribution in [0.15, 0.2) is 24.3 Å². The van der Waals surface area contributed by atoms with Gasteiger partial charge in [0.25, 0.3) is 5.91 Å². The van der Waals surface area contributed by atoms with Crippen molar-refractivity contribution in [2.24, 2.45) is 0 Å². The number of hydrogen-bond acceptors (Lipinski definition) is 3. The second-order valence-electron chi connectivity index (χ2n) is 6.70. The summed E-state index contributed by atoms with van der Waals surface area (Å²) in [6.07, 6.45) is 1.92. The Bertz CT molecular complexity index is 803. The molecule has 3 heterocycles. The number of amides is 1. The van der Waals surface area contributed by atoms with Crippen molar-refractivity contribution in [3.05, 3.63) is 46.2 Å². The molecule has 1 aromatic heterocycles. The molecular formula is C19H21ClN2O3. The quantitative estimate of drug-likeness (QED) is 0.814. The molecule has 0 N–H and O–H groups in total. The van der Waals surface area contributed by atoms with Gasteiger partial charge in [0.2, 0.25) is 6.79 Å². The van der Waals surface area contributed by atoms with Crippen LogP contribution >= 0.6 is 11.6 Å². The number of carbonyl (C=O) groups is 1. The Kier molecular flexibility index (Phi) is 4.12. The molecule has 0 saturated carbocycles. The first-order valence-corrected chi connectivity index (χ1v) is 8.95. The molecule has 2 aromatic rings. The number of benzene rings is 1. The van der Waals surface area contributed by atoms with Gasteiger partial charge in [-0.05, 0) is 51.0 Å². The molecule has 2 aliphatic heterocycles. The highest BCUT2D eigenvalue weighted by Crippen LogP contribution is 2.40. The number of carbonyl (C=O) groups excluding carboxylic acids is 1. The molecule has 0 unspecified atom stereocenters. The average Bonchev–Trinajstić information content (AvgIpc) is 3.21. The van der Waals surface area contributed by atoms with Gasteiger partial charge in [-0.15, -0.1) is 0 Å². The minimum atomic E-state index is -0.000370. The first-order chi connectivity index (χ1) is 12.0. The fourth-order valence-corrected chi connectivity index (χ4v) is 4.12. The zero-order valence-electron chi connectivity index (χ0n) is 14.4. The van der Waals surface area contributed by atoms with Gasteiger partial charge in [0, 0.05) is 36.1 Å². The lowest BCUT2D eigenvalue weighted by molar-refractivity contribution is 0.0693. The molecule has 1 saturated heterocycles. The Labute approximate surface area is 152 Å². The highest BCUT2D eigenvalue weighted by molar-refractivity contribution is 6.32. The maximum absolute atomic E-state index is 12.8. The Morgan fingerprint density at radius 3 is 2.48 bits per heavy atom. The Hall–Kier alpha value is -2.14. The van der Waals surface area contributed by atoms with Crippen molar-refractivity contribution in [3.8, 4) is 11.5 Å². The Balaban J connectivity index is 1.48. The molecule has 0 radical (unpaired) electrons. The lowest BCUT2D eigenvalue weighted by atomic mass is 10.0. The van der Waals surface area contributed by atoms with E-state index in [0.717, 1.165) is 25.9 Å². The summed E-state index contributed by atoms with van der Waals surface area (Å²) in [6.45, 7) is 5.91. The van der Waals surface area contributed by atoms with Crippen LogP contribution in [0.3, 0.4) is 0 Å². The number of aryl methyl sites for hydroxylation is 2. The van der Waals surface area contributed by atoms with Crippen LogP contribution < -0.4 is 9.47 Å². The number of hydrogen-bond donors (Lipinski definition) is 0. The van der Waals surface area contributed by atoms with Crippen molar-refractivity contribution in [1.82, 2.24) is 9.47 Å². The number of ether oxygens (including phenoxy) is 2. The smallest absolute Gasteiger partial charge is 0.254 e. The van der Waals surface area contributed by atoms with E-state index in [1.807, 2.05) is 4.90 Å². The number of piperidine rings is 1. The van der Waals surface area contributed by atoms with Crippen molar-refractivity contribution in [1.29, 1.82) is 0 Å². The molecule has 0 bridgehead atoms. The summed E-state index contributed by atoms with van der Waals surface area (Å²) in [5, 5.41) is 0.423. The van der Waals surface area contributed by atoms with E-state index in [9.17, 15) is 4.79 Å². The predicted molar refractivity (Wildman–Crippen MR) is 95.7 cm³/mol. The lowest BCUT2D eigenvalue weighted by Crippen LogP contribution is -2.39. The zero-order chi connectivity index (χ0) is 17.6. The van der Waals surface area contributed by atoms with Gasteiger partial charge in [0.1, 0.15) is 0 Å². The molecular weight excluding hydrogens is 340 g/mol. The first kappa shape index (κ1) is 16.3. The summed E-state index contributed by atoms with van der Waals surface area (Å²) >= 11 is 6.20. The molecule has 0 spiro atoms. The molecule has 1 fully saturated rings. The van der Waals surface area contributed by atoms with Crippen LogP contribution in [-0.2, 0) is 0 Å². The molecule has 2 aliphatic rings. The monoisotopic (exact) mass is 360 g/mol. The van der Waals surface area contributed by atoms with Crippen LogP contribution in [0.25, 0.3) is 0 Å². The molecule has 4 rings (SSSR count). The summed E-state index contributed by atoms with van der Waals surface area (Å²) in [4.78, 5) is 14.7. The summed E-state index contributed by atoms with van der Waals surface area (Å²) in [5.41, 5.74) is 3.12. The van der Waals surface area contributed by atoms with Crippen molar-refractivity contribution < 1.29 is 14.3 Å². The highest BCUT2D eigenvalue weighted by atomic mass is 35.5. The minimum Gasteiger partial charge on any atom is -0.454 e. The van der Waals surface area contributed by atoms with Crippen LogP contribution in [0.4, 0.5) is 0 Å². The van der Waals surface area contributed by atoms with Crippen LogP contribution in [-0.4, -0.2) is 35.3 Å². The van der Waals surface area contributed by atoms with Crippen LogP contribution in [0, 0.1) is 13.8 Å². The largest absolute Gasteiger partial charge is 0.454 e. The lowest BCUT2D eigenvalue weighted by Gasteiger charge is -2.34. The van der Waals surface area contributed by atoms with Gasteiger partial charge < -0.3 is 18.9 Å². The van der Waals surface area contributed by atoms with E-state index < -0.39 is 0 Å². The first-order valence-electron chi connectivity index (χ1n) is 8.57. The topological polar surface area (TPSA) is 43.7 Å². The normalized spacial score (nSPS) is 17.2. The fraction of sp³-hybridized carbons (Fsp3) is 0.421. The van der Waals surface area contributed by atoms with Crippen LogP contribution in [0.5, 0.6) is 11.5 Å². The number of aromatic nitrogens is 1. The standard InChI is InChI=1S/C19H21ClN2O3/c1-12-3-4-13(2)22(12)15-5-7-21(8-6-15)19(23)14-9-16(20)18-17(10-14)24-11-25-18/h3-4,9-10,15H,5-8,11H2,1-2H3. The summed E-state index contributed by atoms with van der Waals surface area (Å²) in [5.74, 6) is 1.07. The molecule has 0 aliphatic carbocycles. The van der Waals surface area contributed by atoms with E-state index in [1.54, 1.807) is 12.1 Å². The van der Waals surface area contributed by atoms with Crippen molar-refractivity contribution in [2.45, 2.75) is 32.7 Å². The van der Waals surface area contributed by atoms with Crippen molar-refractivity contribution in [2.75, 3.05) is 19.9 Å². The van der Waals surface area contributed by atoms with E-state index >= 15 is 0 Å². The van der Waals surface area contributed by atoms with Crippen LogP contribution in [0.2, 0.25) is 5.02 Å². The van der Waals surface area contributed by atoms with Crippen molar-refractivity contribution >= 4 is 17.5 Å². The molecule has 132 valence electrons. The molecule has 5 nitrogen and oxygen atoms in total. The SMILES string of the molecule is Cc1ccc(C)n1C1CCN(C(=O)c2cc(Cl)c3c(c2)OCO3)CC1. The number of fused-ring (bicyclic) bond motifs is 1. The van der Waals surface area contributed by atoms with Gasteiger partial charge in [0.05, 0.1) is 5.02 Å². The molecule has 25 heavy (non-hydrogen) atoms. The van der Waals surface area contributed by atoms with Crippen LogP contribution in [0.1, 0.15) is 40.6 Å². The predicted octanol–water partition coefficient (Wildman–Crippen LogP) is 3.96. The van der Waals surface area contributed by atoms with E-state index in [1.165, 1.54) is 11.4 Å².